The molecular formula is C33H43Br2N5O4S. The first kappa shape index (κ1) is 35.7. The molecule has 244 valence electrons. The van der Waals surface area contributed by atoms with Gasteiger partial charge >= 0.3 is 5.97 Å². The minimum absolute atomic E-state index is 0.0623. The standard InChI is InChI=1S/C10H8BrNO.C10H21N3.C9H5BrO2S.C4H9NO/c1-6(13)9-4-7-2-3-8(11)5-10(7)12-9;1-12-6-2-10(3-7-12)13-8-4-11-5-9-13;10-6-2-1-5-3-8(9(11)12)13-7(5)4-6;5-4-1-2-6-3-4/h2-5,12H,1H3;10-11H,2-9H2,1H3;1-4H,(H,11,12);4H,1-3,5H2. The molecule has 1 unspecified atom stereocenters. The van der Waals surface area contributed by atoms with Crippen molar-refractivity contribution in [1.29, 1.82) is 0 Å². The summed E-state index contributed by atoms with van der Waals surface area (Å²) in [6.45, 7) is 10.6. The maximum atomic E-state index is 11.1. The van der Waals surface area contributed by atoms with E-state index in [-0.39, 0.29) is 5.78 Å². The van der Waals surface area contributed by atoms with E-state index in [1.54, 1.807) is 13.0 Å². The van der Waals surface area contributed by atoms with E-state index in [0.717, 1.165) is 55.6 Å². The van der Waals surface area contributed by atoms with Gasteiger partial charge in [0.1, 0.15) is 4.88 Å². The van der Waals surface area contributed by atoms with Crippen LogP contribution in [0.3, 0.4) is 0 Å². The van der Waals surface area contributed by atoms with Crippen molar-refractivity contribution in [2.45, 2.75) is 38.3 Å². The van der Waals surface area contributed by atoms with Crippen LogP contribution in [0.1, 0.15) is 46.3 Å². The van der Waals surface area contributed by atoms with Crippen molar-refractivity contribution < 1.29 is 19.4 Å². The van der Waals surface area contributed by atoms with Crippen LogP contribution in [0.15, 0.2) is 57.5 Å². The number of carboxylic acids is 1. The Morgan fingerprint density at radius 3 is 2.20 bits per heavy atom. The van der Waals surface area contributed by atoms with Crippen LogP contribution in [0.5, 0.6) is 0 Å². The number of nitrogens with one attached hydrogen (secondary N) is 2. The molecule has 1 atom stereocenters. The van der Waals surface area contributed by atoms with E-state index in [1.807, 2.05) is 42.5 Å². The summed E-state index contributed by atoms with van der Waals surface area (Å²) in [5.74, 6) is -0.801. The van der Waals surface area contributed by atoms with Crippen molar-refractivity contribution in [2.75, 3.05) is 59.5 Å². The maximum Gasteiger partial charge on any atom is 0.345 e. The number of hydrogen-bond donors (Lipinski definition) is 4. The third-order valence-corrected chi connectivity index (χ3v) is 10.1. The van der Waals surface area contributed by atoms with Gasteiger partial charge in [0.25, 0.3) is 0 Å². The van der Waals surface area contributed by atoms with E-state index in [9.17, 15) is 9.59 Å². The molecule has 0 bridgehead atoms. The van der Waals surface area contributed by atoms with Crippen LogP contribution < -0.4 is 11.1 Å². The number of aromatic nitrogens is 1. The summed E-state index contributed by atoms with van der Waals surface area (Å²) in [6, 6.07) is 16.4. The molecule has 5 heterocycles. The highest BCUT2D eigenvalue weighted by Gasteiger charge is 2.23. The molecule has 3 fully saturated rings. The van der Waals surface area contributed by atoms with Gasteiger partial charge in [0.2, 0.25) is 0 Å². The largest absolute Gasteiger partial charge is 0.477 e. The van der Waals surface area contributed by atoms with Gasteiger partial charge in [0.15, 0.2) is 5.78 Å². The van der Waals surface area contributed by atoms with Crippen LogP contribution in [0.2, 0.25) is 0 Å². The topological polar surface area (TPSA) is 124 Å². The van der Waals surface area contributed by atoms with Gasteiger partial charge in [-0.05, 0) is 81.2 Å². The lowest BCUT2D eigenvalue weighted by Gasteiger charge is -2.39. The van der Waals surface area contributed by atoms with Gasteiger partial charge in [0.05, 0.1) is 12.3 Å². The number of piperidine rings is 1. The second kappa shape index (κ2) is 17.7. The molecule has 45 heavy (non-hydrogen) atoms. The molecular weight excluding hydrogens is 722 g/mol. The predicted octanol–water partition coefficient (Wildman–Crippen LogP) is 6.21. The van der Waals surface area contributed by atoms with Crippen LogP contribution in [0.25, 0.3) is 21.0 Å². The van der Waals surface area contributed by atoms with E-state index < -0.39 is 5.97 Å². The number of likely N-dealkylation sites (tertiary alicyclic amines) is 1. The van der Waals surface area contributed by atoms with Crippen molar-refractivity contribution >= 4 is 75.9 Å². The quantitative estimate of drug-likeness (QED) is 0.182. The lowest BCUT2D eigenvalue weighted by atomic mass is 10.0. The first-order valence-corrected chi connectivity index (χ1v) is 17.7. The number of hydrogen-bond acceptors (Lipinski definition) is 8. The summed E-state index contributed by atoms with van der Waals surface area (Å²) in [7, 11) is 2.23. The van der Waals surface area contributed by atoms with Gasteiger partial charge in [-0.1, -0.05) is 44.0 Å². The molecule has 3 aliphatic rings. The Morgan fingerprint density at radius 2 is 1.62 bits per heavy atom. The number of carboxylic acid groups (broad SMARTS) is 1. The summed E-state index contributed by atoms with van der Waals surface area (Å²) in [5.41, 5.74) is 7.06. The van der Waals surface area contributed by atoms with E-state index in [1.165, 1.54) is 63.4 Å². The number of nitrogens with two attached hydrogens (primary N) is 1. The number of nitrogens with zero attached hydrogens (tertiary/aromatic N) is 2. The first-order chi connectivity index (χ1) is 21.6. The van der Waals surface area contributed by atoms with Crippen molar-refractivity contribution in [3.8, 4) is 0 Å². The highest BCUT2D eigenvalue weighted by atomic mass is 79.9. The molecule has 2 aromatic carbocycles. The number of ketones is 1. The van der Waals surface area contributed by atoms with E-state index in [2.05, 4.69) is 59.0 Å². The van der Waals surface area contributed by atoms with Crippen LogP contribution in [-0.2, 0) is 4.74 Å². The summed E-state index contributed by atoms with van der Waals surface area (Å²) >= 11 is 8.00. The fourth-order valence-electron chi connectivity index (χ4n) is 5.36. The van der Waals surface area contributed by atoms with Gasteiger partial charge in [0, 0.05) is 76.3 Å². The average Bonchev–Trinajstić information content (AvgIpc) is 3.78. The van der Waals surface area contributed by atoms with Gasteiger partial charge in [-0.15, -0.1) is 11.3 Å². The average molecular weight is 766 g/mol. The summed E-state index contributed by atoms with van der Waals surface area (Å²) in [5, 5.41) is 14.2. The Morgan fingerprint density at radius 1 is 0.956 bits per heavy atom. The molecule has 0 aliphatic carbocycles. The number of thiophene rings is 1. The minimum Gasteiger partial charge on any atom is -0.477 e. The van der Waals surface area contributed by atoms with Crippen LogP contribution in [0.4, 0.5) is 0 Å². The first-order valence-electron chi connectivity index (χ1n) is 15.3. The van der Waals surface area contributed by atoms with Crippen molar-refractivity contribution in [2.24, 2.45) is 5.73 Å². The van der Waals surface area contributed by atoms with E-state index >= 15 is 0 Å². The van der Waals surface area contributed by atoms with Crippen molar-refractivity contribution in [3.05, 3.63) is 68.0 Å². The summed E-state index contributed by atoms with van der Waals surface area (Å²) in [4.78, 5) is 30.3. The maximum absolute atomic E-state index is 11.1. The molecule has 3 aliphatic heterocycles. The number of carbonyl (C=O) groups is 2. The normalized spacial score (nSPS) is 19.2. The lowest BCUT2D eigenvalue weighted by Crippen LogP contribution is -2.51. The highest BCUT2D eigenvalue weighted by molar-refractivity contribution is 9.10. The van der Waals surface area contributed by atoms with E-state index in [0.29, 0.717) is 16.6 Å². The highest BCUT2D eigenvalue weighted by Crippen LogP contribution is 2.28. The number of H-pyrrole nitrogens is 1. The fourth-order valence-corrected chi connectivity index (χ4v) is 7.17. The number of ether oxygens (including phenoxy) is 1. The SMILES string of the molecule is CC(=O)c1cc2ccc(Br)cc2[nH]1.CN1CCC(N2CCNCC2)CC1.NC1CCOC1.O=C(O)c1cc2ccc(Br)cc2s1. The number of fused-ring (bicyclic) bond motifs is 2. The second-order valence-corrected chi connectivity index (χ2v) is 14.4. The zero-order valence-electron chi connectivity index (χ0n) is 25.9. The summed E-state index contributed by atoms with van der Waals surface area (Å²) < 4.78 is 7.91. The monoisotopic (exact) mass is 763 g/mol. The second-order valence-electron chi connectivity index (χ2n) is 11.5. The number of benzene rings is 2. The molecule has 2 aromatic heterocycles. The molecule has 5 N–H and O–H groups in total. The molecule has 0 saturated carbocycles. The Kier molecular flexibility index (Phi) is 14.0. The van der Waals surface area contributed by atoms with Gasteiger partial charge in [-0.2, -0.15) is 0 Å². The van der Waals surface area contributed by atoms with Crippen LogP contribution in [-0.4, -0.2) is 103 Å². The number of rotatable bonds is 3. The number of piperazine rings is 1. The molecule has 7 rings (SSSR count). The van der Waals surface area contributed by atoms with Crippen molar-refractivity contribution in [3.63, 3.8) is 0 Å². The fraction of sp³-hybridized carbons (Fsp3) is 0.455. The number of carbonyl (C=O) groups excluding carboxylic acids is 1. The van der Waals surface area contributed by atoms with Crippen LogP contribution >= 0.6 is 43.2 Å². The van der Waals surface area contributed by atoms with E-state index in [4.69, 9.17) is 15.6 Å². The zero-order chi connectivity index (χ0) is 32.3. The molecule has 0 radical (unpaired) electrons. The summed E-state index contributed by atoms with van der Waals surface area (Å²) in [6.07, 6.45) is 3.78. The number of aromatic amines is 1. The molecule has 3 saturated heterocycles. The predicted molar refractivity (Wildman–Crippen MR) is 191 cm³/mol. The Balaban J connectivity index is 0.000000141. The zero-order valence-corrected chi connectivity index (χ0v) is 29.8. The van der Waals surface area contributed by atoms with Crippen LogP contribution in [0, 0.1) is 0 Å². The van der Waals surface area contributed by atoms with Gasteiger partial charge in [-0.3, -0.25) is 9.69 Å². The number of Topliss-reactive ketones (excluding diaryl/α,β-unsaturated/α-hetero) is 1. The molecule has 0 amide bonds. The van der Waals surface area contributed by atoms with Gasteiger partial charge in [-0.25, -0.2) is 4.79 Å². The Hall–Kier alpha value is -2.16. The third kappa shape index (κ3) is 11.2. The Bertz CT molecular complexity index is 1450. The molecule has 4 aromatic rings. The molecule has 0 spiro atoms. The minimum atomic E-state index is -0.864. The van der Waals surface area contributed by atoms with Gasteiger partial charge < -0.3 is 30.8 Å². The van der Waals surface area contributed by atoms with Crippen molar-refractivity contribution in [1.82, 2.24) is 20.1 Å². The Labute approximate surface area is 285 Å². The number of aromatic carboxylic acids is 1. The lowest BCUT2D eigenvalue weighted by molar-refractivity contribution is 0.0702. The molecule has 12 heteroatoms. The smallest absolute Gasteiger partial charge is 0.345 e. The molecule has 9 nitrogen and oxygen atoms in total. The third-order valence-electron chi connectivity index (χ3n) is 7.98. The number of halogens is 2.